The summed E-state index contributed by atoms with van der Waals surface area (Å²) in [6, 6.07) is -1.26. The molecule has 0 spiro atoms. The van der Waals surface area contributed by atoms with E-state index in [0.29, 0.717) is 0 Å². The molecule has 3 nitrogen and oxygen atoms in total. The second kappa shape index (κ2) is 10.7. The molecule has 1 unspecified atom stereocenters. The Bertz CT molecular complexity index is 1230. The topological polar surface area (TPSA) is 38.3 Å². The van der Waals surface area contributed by atoms with E-state index in [4.69, 9.17) is 4.43 Å². The number of rotatable bonds is 5. The van der Waals surface area contributed by atoms with E-state index in [9.17, 15) is 57.5 Å². The maximum atomic E-state index is 14.0. The van der Waals surface area contributed by atoms with Gasteiger partial charge in [0.25, 0.3) is 0 Å². The highest BCUT2D eigenvalue weighted by Crippen LogP contribution is 2.51. The molecule has 1 saturated heterocycles. The quantitative estimate of drug-likeness (QED) is 0.258. The number of alkyl halides is 12. The van der Waals surface area contributed by atoms with Crippen LogP contribution in [0.1, 0.15) is 67.0 Å². The van der Waals surface area contributed by atoms with Gasteiger partial charge in [0.15, 0.2) is 8.32 Å². The second-order valence-corrected chi connectivity index (χ2v) is 16.6. The van der Waals surface area contributed by atoms with Crippen LogP contribution in [0.2, 0.25) is 18.1 Å². The predicted molar refractivity (Wildman–Crippen MR) is 133 cm³/mol. The van der Waals surface area contributed by atoms with Crippen LogP contribution in [0.3, 0.4) is 0 Å². The minimum absolute atomic E-state index is 0.209. The molecule has 1 aliphatic heterocycles. The molecule has 240 valence electrons. The number of hydrogen-bond donors (Lipinski definition) is 1. The Hall–Kier alpha value is -2.75. The summed E-state index contributed by atoms with van der Waals surface area (Å²) >= 11 is 0. The number of carbonyl (C=O) groups excluding carboxylic acids is 1. The number of hydrogen-bond acceptors (Lipinski definition) is 2. The van der Waals surface area contributed by atoms with Gasteiger partial charge in [0.05, 0.1) is 28.3 Å². The van der Waals surface area contributed by atoms with E-state index >= 15 is 0 Å². The summed E-state index contributed by atoms with van der Waals surface area (Å²) in [6.45, 7) is 7.72. The summed E-state index contributed by atoms with van der Waals surface area (Å²) < 4.78 is 174. The summed E-state index contributed by atoms with van der Waals surface area (Å²) in [5.41, 5.74) is -12.3. The zero-order chi connectivity index (χ0) is 33.2. The summed E-state index contributed by atoms with van der Waals surface area (Å²) in [5.74, 6) is -0.778. The monoisotopic (exact) mass is 653 g/mol. The molecule has 1 N–H and O–H groups in total. The van der Waals surface area contributed by atoms with Gasteiger partial charge in [-0.05, 0) is 72.1 Å². The van der Waals surface area contributed by atoms with Crippen molar-refractivity contribution in [1.82, 2.24) is 5.32 Å². The summed E-state index contributed by atoms with van der Waals surface area (Å²) in [6.07, 6.45) is -22.4. The third kappa shape index (κ3) is 7.15. The summed E-state index contributed by atoms with van der Waals surface area (Å²) in [4.78, 5) is 12.4. The van der Waals surface area contributed by atoms with Gasteiger partial charge in [-0.15, -0.1) is 0 Å². The Morgan fingerprint density at radius 3 is 1.16 bits per heavy atom. The molecule has 0 aromatic heterocycles. The standard InChI is InChI=1S/C27H27F12NO2Si/c1-22(2,3)43(4,5)42-23(20-6-7-21(41)40-20,14-8-16(24(28,29)30)12-17(9-14)25(31,32)33)15-10-18(26(34,35)36)13-19(11-15)27(37,38)39/h8-13,20H,6-7H2,1-5H3,(H,40,41). The first-order valence-corrected chi connectivity index (χ1v) is 15.6. The van der Waals surface area contributed by atoms with Gasteiger partial charge in [0.2, 0.25) is 5.91 Å². The third-order valence-corrected chi connectivity index (χ3v) is 12.2. The van der Waals surface area contributed by atoms with Crippen molar-refractivity contribution < 1.29 is 61.9 Å². The Morgan fingerprint density at radius 1 is 0.628 bits per heavy atom. The van der Waals surface area contributed by atoms with Gasteiger partial charge in [-0.1, -0.05) is 20.8 Å². The highest BCUT2D eigenvalue weighted by Gasteiger charge is 2.55. The van der Waals surface area contributed by atoms with Crippen LogP contribution in [0.15, 0.2) is 36.4 Å². The molecule has 1 heterocycles. The van der Waals surface area contributed by atoms with Gasteiger partial charge in [-0.2, -0.15) is 52.7 Å². The molecule has 0 saturated carbocycles. The largest absolute Gasteiger partial charge is 0.416 e. The minimum Gasteiger partial charge on any atom is -0.401 e. The van der Waals surface area contributed by atoms with Crippen molar-refractivity contribution in [3.8, 4) is 0 Å². The minimum atomic E-state index is -5.41. The Labute approximate surface area is 239 Å². The van der Waals surface area contributed by atoms with E-state index in [1.54, 1.807) is 20.8 Å². The molecule has 16 heteroatoms. The van der Waals surface area contributed by atoms with Crippen LogP contribution in [0, 0.1) is 0 Å². The van der Waals surface area contributed by atoms with E-state index in [-0.39, 0.29) is 49.2 Å². The summed E-state index contributed by atoms with van der Waals surface area (Å²) in [5, 5.41) is 1.42. The Balaban J connectivity index is 2.65. The fraction of sp³-hybridized carbons (Fsp3) is 0.519. The average Bonchev–Trinajstić information content (AvgIpc) is 3.25. The molecule has 2 aromatic carbocycles. The van der Waals surface area contributed by atoms with Crippen LogP contribution in [0.5, 0.6) is 0 Å². The van der Waals surface area contributed by atoms with Crippen molar-refractivity contribution in [2.75, 3.05) is 0 Å². The zero-order valence-electron chi connectivity index (χ0n) is 23.3. The van der Waals surface area contributed by atoms with Crippen LogP contribution in [-0.4, -0.2) is 20.3 Å². The SMILES string of the molecule is CC(C)(C)[Si](C)(C)OC(c1cc(C(F)(F)F)cc(C(F)(F)F)c1)(c1cc(C(F)(F)F)cc(C(F)(F)F)c1)C1CCC(=O)N1. The molecule has 1 fully saturated rings. The first kappa shape index (κ1) is 34.7. The van der Waals surface area contributed by atoms with E-state index < -0.39 is 89.0 Å². The molecule has 1 atom stereocenters. The third-order valence-electron chi connectivity index (χ3n) is 7.74. The molecule has 1 aliphatic rings. The average molecular weight is 654 g/mol. The smallest absolute Gasteiger partial charge is 0.401 e. The van der Waals surface area contributed by atoms with E-state index in [1.165, 1.54) is 13.1 Å². The Kier molecular flexibility index (Phi) is 8.64. The van der Waals surface area contributed by atoms with Gasteiger partial charge < -0.3 is 9.74 Å². The van der Waals surface area contributed by atoms with Crippen LogP contribution >= 0.6 is 0 Å². The number of carbonyl (C=O) groups is 1. The lowest BCUT2D eigenvalue weighted by Crippen LogP contribution is -2.57. The molecular formula is C27H27F12NO2Si. The molecule has 3 rings (SSSR count). The number of amides is 1. The maximum Gasteiger partial charge on any atom is 0.416 e. The lowest BCUT2D eigenvalue weighted by Gasteiger charge is -2.49. The van der Waals surface area contributed by atoms with Gasteiger partial charge in [0.1, 0.15) is 5.60 Å². The predicted octanol–water partition coefficient (Wildman–Crippen LogP) is 9.31. The maximum absolute atomic E-state index is 14.0. The fourth-order valence-corrected chi connectivity index (χ4v) is 6.06. The van der Waals surface area contributed by atoms with Gasteiger partial charge in [0, 0.05) is 6.42 Å². The highest BCUT2D eigenvalue weighted by atomic mass is 28.4. The summed E-state index contributed by atoms with van der Waals surface area (Å²) in [7, 11) is -3.52. The number of halogens is 12. The normalized spacial score (nSPS) is 17.8. The van der Waals surface area contributed by atoms with Crippen molar-refractivity contribution in [3.63, 3.8) is 0 Å². The van der Waals surface area contributed by atoms with Crippen molar-refractivity contribution >= 4 is 14.2 Å². The van der Waals surface area contributed by atoms with E-state index in [1.807, 2.05) is 0 Å². The number of benzene rings is 2. The molecule has 0 aliphatic carbocycles. The zero-order valence-corrected chi connectivity index (χ0v) is 24.3. The first-order chi connectivity index (χ1) is 19.1. The van der Waals surface area contributed by atoms with Crippen molar-refractivity contribution in [2.45, 2.75) is 88.1 Å². The van der Waals surface area contributed by atoms with Crippen LogP contribution in [0.4, 0.5) is 52.7 Å². The van der Waals surface area contributed by atoms with Crippen molar-refractivity contribution in [1.29, 1.82) is 0 Å². The first-order valence-electron chi connectivity index (χ1n) is 12.7. The molecule has 1 amide bonds. The molecule has 43 heavy (non-hydrogen) atoms. The van der Waals surface area contributed by atoms with E-state index in [0.717, 1.165) is 0 Å². The molecule has 0 bridgehead atoms. The van der Waals surface area contributed by atoms with Crippen LogP contribution < -0.4 is 5.32 Å². The lowest BCUT2D eigenvalue weighted by molar-refractivity contribution is -0.144. The highest BCUT2D eigenvalue weighted by molar-refractivity contribution is 6.74. The Morgan fingerprint density at radius 2 is 0.930 bits per heavy atom. The molecule has 0 radical (unpaired) electrons. The second-order valence-electron chi connectivity index (χ2n) is 11.8. The molecule has 2 aromatic rings. The van der Waals surface area contributed by atoms with Gasteiger partial charge in [-0.3, -0.25) is 4.79 Å². The van der Waals surface area contributed by atoms with E-state index in [2.05, 4.69) is 5.32 Å². The van der Waals surface area contributed by atoms with Crippen molar-refractivity contribution in [2.24, 2.45) is 0 Å². The number of nitrogens with one attached hydrogen (secondary N) is 1. The lowest BCUT2D eigenvalue weighted by atomic mass is 9.77. The van der Waals surface area contributed by atoms with Crippen molar-refractivity contribution in [3.05, 3.63) is 69.8 Å². The van der Waals surface area contributed by atoms with Crippen LogP contribution in [0.25, 0.3) is 0 Å². The molecular weight excluding hydrogens is 626 g/mol. The van der Waals surface area contributed by atoms with Gasteiger partial charge >= 0.3 is 24.7 Å². The fourth-order valence-electron chi connectivity index (χ4n) is 4.57. The van der Waals surface area contributed by atoms with Gasteiger partial charge in [-0.25, -0.2) is 0 Å². The van der Waals surface area contributed by atoms with Crippen LogP contribution in [-0.2, 0) is 39.5 Å².